The van der Waals surface area contributed by atoms with Gasteiger partial charge in [-0.05, 0) is 94.0 Å². The van der Waals surface area contributed by atoms with Crippen molar-refractivity contribution in [3.63, 3.8) is 0 Å². The molecule has 8 aromatic rings. The van der Waals surface area contributed by atoms with Gasteiger partial charge in [-0.25, -0.2) is 0 Å². The first-order valence-electron chi connectivity index (χ1n) is 18.9. The van der Waals surface area contributed by atoms with E-state index in [9.17, 15) is 35.9 Å². The van der Waals surface area contributed by atoms with Gasteiger partial charge in [0.25, 0.3) is 5.91 Å². The average Bonchev–Trinajstić information content (AvgIpc) is 3.83. The van der Waals surface area contributed by atoms with Crippen LogP contribution in [0.3, 0.4) is 0 Å². The number of hydrogen-bond acceptors (Lipinski definition) is 4. The van der Waals surface area contributed by atoms with Crippen molar-refractivity contribution >= 4 is 39.4 Å². The van der Waals surface area contributed by atoms with Gasteiger partial charge in [0.1, 0.15) is 22.7 Å². The molecule has 0 saturated heterocycles. The molecule has 2 amide bonds. The molecule has 0 atom stereocenters. The van der Waals surface area contributed by atoms with E-state index < -0.39 is 35.3 Å². The summed E-state index contributed by atoms with van der Waals surface area (Å²) in [6, 6.07) is 38.9. The number of rotatable bonds is 11. The second kappa shape index (κ2) is 15.9. The van der Waals surface area contributed by atoms with Crippen molar-refractivity contribution in [3.05, 3.63) is 185 Å². The third-order valence-electron chi connectivity index (χ3n) is 10.2. The van der Waals surface area contributed by atoms with E-state index in [0.29, 0.717) is 56.0 Å². The maximum Gasteiger partial charge on any atom is 0.416 e. The van der Waals surface area contributed by atoms with Gasteiger partial charge < -0.3 is 19.5 Å². The lowest BCUT2D eigenvalue weighted by Gasteiger charge is -2.23. The molecule has 0 aliphatic carbocycles. The fourth-order valence-electron chi connectivity index (χ4n) is 7.41. The number of alkyl halides is 6. The van der Waals surface area contributed by atoms with Crippen molar-refractivity contribution in [2.45, 2.75) is 31.6 Å². The second-order valence-corrected chi connectivity index (χ2v) is 14.4. The SMILES string of the molecule is NC(=O)CCN(C(=O)c1cccc(-c2cccc3oc(Cc4cccc(C(F)(F)F)c4)cc23)c1)c1cccc(-c2cccc3oc(Cc4cccc(C(F)(F)F)c4)cc23)c1. The van der Waals surface area contributed by atoms with Crippen molar-refractivity contribution in [3.8, 4) is 22.3 Å². The summed E-state index contributed by atoms with van der Waals surface area (Å²) in [5.41, 5.74) is 9.76. The predicted octanol–water partition coefficient (Wildman–Crippen LogP) is 12.3. The highest BCUT2D eigenvalue weighted by atomic mass is 19.4. The lowest BCUT2D eigenvalue weighted by molar-refractivity contribution is -0.138. The number of anilines is 1. The van der Waals surface area contributed by atoms with Crippen LogP contribution >= 0.6 is 0 Å². The quantitative estimate of drug-likeness (QED) is 0.132. The van der Waals surface area contributed by atoms with Crippen LogP contribution in [0.25, 0.3) is 44.2 Å². The van der Waals surface area contributed by atoms with Crippen LogP contribution in [-0.4, -0.2) is 18.4 Å². The minimum atomic E-state index is -4.47. The topological polar surface area (TPSA) is 89.7 Å². The van der Waals surface area contributed by atoms with Gasteiger partial charge in [-0.2, -0.15) is 26.3 Å². The highest BCUT2D eigenvalue weighted by Gasteiger charge is 2.31. The van der Waals surface area contributed by atoms with Crippen LogP contribution in [0.15, 0.2) is 154 Å². The van der Waals surface area contributed by atoms with Gasteiger partial charge in [0.15, 0.2) is 0 Å². The largest absolute Gasteiger partial charge is 0.461 e. The molecule has 12 heteroatoms. The van der Waals surface area contributed by atoms with E-state index in [1.807, 2.05) is 30.3 Å². The molecule has 0 aliphatic heterocycles. The molecule has 6 nitrogen and oxygen atoms in total. The molecule has 2 heterocycles. The van der Waals surface area contributed by atoms with E-state index in [1.54, 1.807) is 78.9 Å². The fraction of sp³-hybridized carbons (Fsp3) is 0.125. The van der Waals surface area contributed by atoms with E-state index in [2.05, 4.69) is 0 Å². The lowest BCUT2D eigenvalue weighted by Crippen LogP contribution is -2.34. The highest BCUT2D eigenvalue weighted by Crippen LogP contribution is 2.37. The number of nitrogens with two attached hydrogens (primary N) is 1. The van der Waals surface area contributed by atoms with Crippen molar-refractivity contribution < 1.29 is 44.8 Å². The summed E-state index contributed by atoms with van der Waals surface area (Å²) in [7, 11) is 0. The van der Waals surface area contributed by atoms with Crippen molar-refractivity contribution in [1.82, 2.24) is 0 Å². The van der Waals surface area contributed by atoms with Crippen LogP contribution < -0.4 is 10.6 Å². The first kappa shape index (κ1) is 39.7. The number of furan rings is 2. The summed E-state index contributed by atoms with van der Waals surface area (Å²) >= 11 is 0. The lowest BCUT2D eigenvalue weighted by atomic mass is 9.98. The van der Waals surface area contributed by atoms with Crippen molar-refractivity contribution in [2.75, 3.05) is 11.4 Å². The molecule has 0 saturated carbocycles. The first-order chi connectivity index (χ1) is 28.7. The summed E-state index contributed by atoms with van der Waals surface area (Å²) in [6.45, 7) is -0.0187. The molecule has 2 N–H and O–H groups in total. The number of carbonyl (C=O) groups is 2. The number of nitrogens with zero attached hydrogens (tertiary/aromatic N) is 1. The van der Waals surface area contributed by atoms with Gasteiger partial charge in [0.05, 0.1) is 11.1 Å². The zero-order valence-electron chi connectivity index (χ0n) is 31.6. The molecule has 0 unspecified atom stereocenters. The smallest absolute Gasteiger partial charge is 0.416 e. The minimum Gasteiger partial charge on any atom is -0.461 e. The summed E-state index contributed by atoms with van der Waals surface area (Å²) < 4.78 is 92.3. The number of carbonyl (C=O) groups excluding carboxylic acids is 2. The molecule has 0 radical (unpaired) electrons. The molecule has 302 valence electrons. The Kier molecular flexibility index (Phi) is 10.6. The van der Waals surface area contributed by atoms with E-state index in [1.165, 1.54) is 17.0 Å². The van der Waals surface area contributed by atoms with E-state index in [4.69, 9.17) is 14.6 Å². The average molecular weight is 817 g/mol. The molecule has 8 rings (SSSR count). The van der Waals surface area contributed by atoms with Crippen LogP contribution in [0.5, 0.6) is 0 Å². The zero-order chi connectivity index (χ0) is 42.2. The third-order valence-corrected chi connectivity index (χ3v) is 10.2. The van der Waals surface area contributed by atoms with Gasteiger partial charge in [-0.1, -0.05) is 84.9 Å². The number of benzene rings is 6. The standard InChI is InChI=1S/C48H34F6N2O4/c49-47(50,51)34-12-1-7-29(21-34)23-37-27-41-39(15-5-17-43(41)59-37)31-9-3-11-33(25-31)46(58)56(20-19-45(55)57)36-14-4-10-32(26-36)40-16-6-18-44-42(40)28-38(60-44)24-30-8-2-13-35(22-30)48(52,53)54/h1-18,21-22,25-28H,19-20,23-24H2,(H2,55,57). The zero-order valence-corrected chi connectivity index (χ0v) is 31.6. The Hall–Kier alpha value is -7.08. The molecule has 0 fully saturated rings. The summed E-state index contributed by atoms with van der Waals surface area (Å²) in [5.74, 6) is -0.0461. The Bertz CT molecular complexity index is 2890. The number of amides is 2. The minimum absolute atomic E-state index is 0.0187. The predicted molar refractivity (Wildman–Crippen MR) is 217 cm³/mol. The van der Waals surface area contributed by atoms with E-state index >= 15 is 0 Å². The van der Waals surface area contributed by atoms with Gasteiger partial charge in [-0.15, -0.1) is 0 Å². The van der Waals surface area contributed by atoms with Crippen LogP contribution in [0.4, 0.5) is 32.0 Å². The highest BCUT2D eigenvalue weighted by molar-refractivity contribution is 6.08. The number of fused-ring (bicyclic) bond motifs is 2. The van der Waals surface area contributed by atoms with Gasteiger partial charge in [0.2, 0.25) is 5.91 Å². The Morgan fingerprint density at radius 1 is 0.550 bits per heavy atom. The van der Waals surface area contributed by atoms with Crippen molar-refractivity contribution in [1.29, 1.82) is 0 Å². The second-order valence-electron chi connectivity index (χ2n) is 14.4. The van der Waals surface area contributed by atoms with Crippen LogP contribution in [-0.2, 0) is 30.0 Å². The van der Waals surface area contributed by atoms with E-state index in [-0.39, 0.29) is 25.8 Å². The molecule has 0 spiro atoms. The first-order valence-corrected chi connectivity index (χ1v) is 18.9. The monoisotopic (exact) mass is 816 g/mol. The number of primary amides is 1. The van der Waals surface area contributed by atoms with Gasteiger partial charge in [-0.3, -0.25) is 9.59 Å². The van der Waals surface area contributed by atoms with Gasteiger partial charge >= 0.3 is 12.4 Å². The molecule has 60 heavy (non-hydrogen) atoms. The molecular weight excluding hydrogens is 783 g/mol. The number of hydrogen-bond donors (Lipinski definition) is 1. The molecular formula is C48H34F6N2O4. The molecule has 0 bridgehead atoms. The van der Waals surface area contributed by atoms with Crippen LogP contribution in [0.2, 0.25) is 0 Å². The van der Waals surface area contributed by atoms with Crippen LogP contribution in [0.1, 0.15) is 50.6 Å². The maximum atomic E-state index is 14.4. The Morgan fingerprint density at radius 2 is 1.03 bits per heavy atom. The van der Waals surface area contributed by atoms with Crippen molar-refractivity contribution in [2.24, 2.45) is 5.73 Å². The Morgan fingerprint density at radius 3 is 1.55 bits per heavy atom. The molecule has 2 aromatic heterocycles. The Labute approximate surface area is 339 Å². The normalized spacial score (nSPS) is 12.0. The van der Waals surface area contributed by atoms with E-state index in [0.717, 1.165) is 46.3 Å². The molecule has 0 aliphatic rings. The van der Waals surface area contributed by atoms with Gasteiger partial charge in [0, 0.05) is 47.8 Å². The Balaban J connectivity index is 1.09. The van der Waals surface area contributed by atoms with Crippen LogP contribution in [0, 0.1) is 0 Å². The number of halogens is 6. The molecule has 6 aromatic carbocycles. The fourth-order valence-corrected chi connectivity index (χ4v) is 7.41. The summed E-state index contributed by atoms with van der Waals surface area (Å²) in [5, 5.41) is 1.44. The summed E-state index contributed by atoms with van der Waals surface area (Å²) in [4.78, 5) is 27.9. The summed E-state index contributed by atoms with van der Waals surface area (Å²) in [6.07, 6.45) is -8.78. The third kappa shape index (κ3) is 8.54. The maximum absolute atomic E-state index is 14.4.